The summed E-state index contributed by atoms with van der Waals surface area (Å²) < 4.78 is 15.2. The first-order chi connectivity index (χ1) is 10.8. The molecule has 8 N–H and O–H groups in total. The number of ether oxygens (including phenoxy) is 3. The van der Waals surface area contributed by atoms with Crippen LogP contribution in [0.4, 0.5) is 0 Å². The van der Waals surface area contributed by atoms with Gasteiger partial charge in [0, 0.05) is 0 Å². The highest BCUT2D eigenvalue weighted by atomic mass is 16.8. The fourth-order valence-corrected chi connectivity index (χ4v) is 2.70. The summed E-state index contributed by atoms with van der Waals surface area (Å²) in [6.07, 6.45) is -12.7. The van der Waals surface area contributed by atoms with E-state index in [9.17, 15) is 30.6 Å². The Labute approximate surface area is 130 Å². The first-order valence-electron chi connectivity index (χ1n) is 7.05. The molecule has 0 radical (unpaired) electrons. The lowest BCUT2D eigenvalue weighted by atomic mass is 9.98. The third kappa shape index (κ3) is 3.23. The Bertz CT molecular complexity index is 395. The van der Waals surface area contributed by atoms with Gasteiger partial charge in [-0.25, -0.2) is 0 Å². The lowest BCUT2D eigenvalue weighted by Crippen LogP contribution is -2.63. The predicted molar refractivity (Wildman–Crippen MR) is 68.6 cm³/mol. The molecule has 0 aromatic carbocycles. The van der Waals surface area contributed by atoms with E-state index in [0.29, 0.717) is 0 Å². The van der Waals surface area contributed by atoms with Gasteiger partial charge in [-0.15, -0.1) is 0 Å². The Morgan fingerprint density at radius 1 is 0.826 bits per heavy atom. The number of hydrogen-bond donors (Lipinski definition) is 8. The molecule has 0 saturated carbocycles. The van der Waals surface area contributed by atoms with E-state index in [1.807, 2.05) is 0 Å². The summed E-state index contributed by atoms with van der Waals surface area (Å²) in [6, 6.07) is 0. The Morgan fingerprint density at radius 3 is 1.91 bits per heavy atom. The molecule has 2 fully saturated rings. The SMILES string of the molecule is OC[C@H]1O[C@@](CO)(O[C@H]2[C@@H](O)[C@H](O)[C@@H](CO)O[C@@H]2O)[C@@H](O)[C@@H]1O. The van der Waals surface area contributed by atoms with E-state index in [0.717, 1.165) is 0 Å². The highest BCUT2D eigenvalue weighted by Crippen LogP contribution is 2.36. The fraction of sp³-hybridized carbons (Fsp3) is 1.00. The zero-order chi connectivity index (χ0) is 17.4. The van der Waals surface area contributed by atoms with Gasteiger partial charge in [-0.1, -0.05) is 0 Å². The average molecular weight is 342 g/mol. The average Bonchev–Trinajstić information content (AvgIpc) is 2.80. The van der Waals surface area contributed by atoms with Crippen LogP contribution in [0.5, 0.6) is 0 Å². The second-order valence-corrected chi connectivity index (χ2v) is 5.56. The molecular weight excluding hydrogens is 320 g/mol. The van der Waals surface area contributed by atoms with Crippen LogP contribution in [0.15, 0.2) is 0 Å². The minimum atomic E-state index is -2.24. The molecule has 136 valence electrons. The van der Waals surface area contributed by atoms with Crippen LogP contribution in [0.1, 0.15) is 0 Å². The normalized spacial score (nSPS) is 51.1. The molecule has 9 atom stereocenters. The lowest BCUT2D eigenvalue weighted by molar-refractivity contribution is -0.366. The van der Waals surface area contributed by atoms with Gasteiger partial charge in [-0.2, -0.15) is 0 Å². The molecule has 0 bridgehead atoms. The van der Waals surface area contributed by atoms with Crippen molar-refractivity contribution in [2.45, 2.75) is 54.8 Å². The predicted octanol–water partition coefficient (Wildman–Crippen LogP) is -5.40. The van der Waals surface area contributed by atoms with Gasteiger partial charge < -0.3 is 55.1 Å². The van der Waals surface area contributed by atoms with Crippen LogP contribution >= 0.6 is 0 Å². The molecule has 2 saturated heterocycles. The molecule has 11 nitrogen and oxygen atoms in total. The largest absolute Gasteiger partial charge is 0.394 e. The molecule has 2 aliphatic heterocycles. The van der Waals surface area contributed by atoms with Crippen molar-refractivity contribution in [3.8, 4) is 0 Å². The molecule has 0 amide bonds. The van der Waals surface area contributed by atoms with Crippen LogP contribution in [0, 0.1) is 0 Å². The topological polar surface area (TPSA) is 190 Å². The first-order valence-corrected chi connectivity index (χ1v) is 7.05. The Hall–Kier alpha value is -0.440. The summed E-state index contributed by atoms with van der Waals surface area (Å²) in [6.45, 7) is -2.32. The summed E-state index contributed by atoms with van der Waals surface area (Å²) in [7, 11) is 0. The molecule has 0 aliphatic carbocycles. The van der Waals surface area contributed by atoms with E-state index in [1.165, 1.54) is 0 Å². The fourth-order valence-electron chi connectivity index (χ4n) is 2.70. The zero-order valence-corrected chi connectivity index (χ0v) is 12.0. The summed E-state index contributed by atoms with van der Waals surface area (Å²) in [5, 5.41) is 76.9. The third-order valence-electron chi connectivity index (χ3n) is 4.08. The molecule has 11 heteroatoms. The van der Waals surface area contributed by atoms with Crippen molar-refractivity contribution < 1.29 is 55.1 Å². The van der Waals surface area contributed by atoms with Gasteiger partial charge in [-0.3, -0.25) is 0 Å². The Kier molecular flexibility index (Phi) is 5.92. The van der Waals surface area contributed by atoms with E-state index in [1.54, 1.807) is 0 Å². The van der Waals surface area contributed by atoms with Gasteiger partial charge in [0.05, 0.1) is 13.2 Å². The minimum absolute atomic E-state index is 0.669. The molecule has 0 aromatic heterocycles. The van der Waals surface area contributed by atoms with Gasteiger partial charge >= 0.3 is 0 Å². The maximum absolute atomic E-state index is 10.00. The van der Waals surface area contributed by atoms with Gasteiger partial charge in [0.25, 0.3) is 0 Å². The van der Waals surface area contributed by atoms with Crippen molar-refractivity contribution in [1.82, 2.24) is 0 Å². The maximum atomic E-state index is 10.00. The summed E-state index contributed by atoms with van der Waals surface area (Å²) in [5.74, 6) is -2.24. The van der Waals surface area contributed by atoms with Crippen LogP contribution < -0.4 is 0 Å². The van der Waals surface area contributed by atoms with Gasteiger partial charge in [0.2, 0.25) is 5.79 Å². The monoisotopic (exact) mass is 342 g/mol. The number of rotatable bonds is 5. The standard InChI is InChI=1S/C12H22O11/c13-1-4-6(16)8(18)9(11(20)21-4)23-12(3-15)10(19)7(17)5(2-14)22-12/h4-11,13-20H,1-3H2/t4-,5-,6-,7-,8+,9+,10+,11+,12+/m1/s1. The summed E-state index contributed by atoms with van der Waals surface area (Å²) in [5.41, 5.74) is 0. The smallest absolute Gasteiger partial charge is 0.222 e. The van der Waals surface area contributed by atoms with E-state index in [4.69, 9.17) is 24.4 Å². The van der Waals surface area contributed by atoms with Crippen molar-refractivity contribution in [2.75, 3.05) is 19.8 Å². The molecule has 0 aromatic rings. The van der Waals surface area contributed by atoms with Crippen molar-refractivity contribution >= 4 is 0 Å². The van der Waals surface area contributed by atoms with Crippen LogP contribution in [0.3, 0.4) is 0 Å². The Balaban J connectivity index is 2.18. The van der Waals surface area contributed by atoms with Gasteiger partial charge in [0.15, 0.2) is 6.29 Å². The lowest BCUT2D eigenvalue weighted by Gasteiger charge is -2.43. The third-order valence-corrected chi connectivity index (χ3v) is 4.08. The molecule has 0 unspecified atom stereocenters. The zero-order valence-electron chi connectivity index (χ0n) is 12.0. The molecule has 2 aliphatic rings. The quantitative estimate of drug-likeness (QED) is 0.238. The molecular formula is C12H22O11. The highest BCUT2D eigenvalue weighted by Gasteiger charge is 2.58. The maximum Gasteiger partial charge on any atom is 0.222 e. The highest BCUT2D eigenvalue weighted by molar-refractivity contribution is 4.99. The second kappa shape index (κ2) is 7.21. The number of hydrogen-bond acceptors (Lipinski definition) is 11. The van der Waals surface area contributed by atoms with Crippen LogP contribution in [0.25, 0.3) is 0 Å². The minimum Gasteiger partial charge on any atom is -0.394 e. The number of aliphatic hydroxyl groups excluding tert-OH is 8. The second-order valence-electron chi connectivity index (χ2n) is 5.56. The van der Waals surface area contributed by atoms with E-state index in [2.05, 4.69) is 0 Å². The summed E-state index contributed by atoms with van der Waals surface area (Å²) in [4.78, 5) is 0. The first kappa shape index (κ1) is 18.9. The van der Waals surface area contributed by atoms with Crippen LogP contribution in [-0.4, -0.2) is 115 Å². The Morgan fingerprint density at radius 2 is 1.43 bits per heavy atom. The molecule has 2 rings (SSSR count). The van der Waals surface area contributed by atoms with Crippen molar-refractivity contribution in [1.29, 1.82) is 0 Å². The van der Waals surface area contributed by atoms with Crippen LogP contribution in [-0.2, 0) is 14.2 Å². The van der Waals surface area contributed by atoms with Gasteiger partial charge in [-0.05, 0) is 0 Å². The number of aliphatic hydroxyl groups is 8. The van der Waals surface area contributed by atoms with Crippen LogP contribution in [0.2, 0.25) is 0 Å². The van der Waals surface area contributed by atoms with Crippen molar-refractivity contribution in [3.63, 3.8) is 0 Å². The molecule has 2 heterocycles. The summed E-state index contributed by atoms with van der Waals surface area (Å²) >= 11 is 0. The van der Waals surface area contributed by atoms with Crippen molar-refractivity contribution in [2.24, 2.45) is 0 Å². The van der Waals surface area contributed by atoms with E-state index < -0.39 is 74.6 Å². The molecule has 0 spiro atoms. The van der Waals surface area contributed by atoms with Gasteiger partial charge in [0.1, 0.15) is 49.3 Å². The van der Waals surface area contributed by atoms with Crippen molar-refractivity contribution in [3.05, 3.63) is 0 Å². The van der Waals surface area contributed by atoms with E-state index in [-0.39, 0.29) is 0 Å². The van der Waals surface area contributed by atoms with E-state index >= 15 is 0 Å². The molecule has 23 heavy (non-hydrogen) atoms.